The van der Waals surface area contributed by atoms with Crippen LogP contribution in [0.1, 0.15) is 21.5 Å². The minimum absolute atomic E-state index is 0.0222. The Morgan fingerprint density at radius 3 is 2.07 bits per heavy atom. The van der Waals surface area contributed by atoms with Crippen molar-refractivity contribution < 1.29 is 13.2 Å². The highest BCUT2D eigenvalue weighted by atomic mass is 32.2. The van der Waals surface area contributed by atoms with Crippen LogP contribution in [0.3, 0.4) is 0 Å². The van der Waals surface area contributed by atoms with E-state index in [-0.39, 0.29) is 10.5 Å². The third-order valence-electron chi connectivity index (χ3n) is 4.24. The second kappa shape index (κ2) is 9.06. The van der Waals surface area contributed by atoms with Crippen LogP contribution in [0.5, 0.6) is 0 Å². The molecule has 0 unspecified atom stereocenters. The summed E-state index contributed by atoms with van der Waals surface area (Å²) in [5.41, 5.74) is 3.82. The molecule has 6 nitrogen and oxygen atoms in total. The van der Waals surface area contributed by atoms with E-state index in [2.05, 4.69) is 15.4 Å². The van der Waals surface area contributed by atoms with E-state index < -0.39 is 15.9 Å². The molecule has 0 aliphatic rings. The van der Waals surface area contributed by atoms with Crippen molar-refractivity contribution in [2.75, 3.05) is 10.6 Å². The van der Waals surface area contributed by atoms with Crippen molar-refractivity contribution in [3.63, 3.8) is 0 Å². The van der Waals surface area contributed by atoms with E-state index in [4.69, 9.17) is 12.2 Å². The van der Waals surface area contributed by atoms with Crippen LogP contribution in [0.4, 0.5) is 11.4 Å². The minimum atomic E-state index is -3.99. The maximum absolute atomic E-state index is 12.5. The number of hydrogen-bond donors (Lipinski definition) is 3. The number of aryl methyl sites for hydroxylation is 2. The SMILES string of the molecule is Cc1ccc(C(=O)NS(=O)(=O)c2ccc(NC(=S)Nc3cccc(C)c3)cc2)cc1. The summed E-state index contributed by atoms with van der Waals surface area (Å²) in [4.78, 5) is 12.2. The highest BCUT2D eigenvalue weighted by molar-refractivity contribution is 7.90. The molecular formula is C22H21N3O3S2. The van der Waals surface area contributed by atoms with Crippen molar-refractivity contribution in [3.8, 4) is 0 Å². The van der Waals surface area contributed by atoms with Crippen LogP contribution in [0.15, 0.2) is 77.7 Å². The summed E-state index contributed by atoms with van der Waals surface area (Å²) in [6, 6.07) is 20.4. The van der Waals surface area contributed by atoms with Gasteiger partial charge in [0.05, 0.1) is 4.90 Å². The zero-order valence-electron chi connectivity index (χ0n) is 16.5. The summed E-state index contributed by atoms with van der Waals surface area (Å²) < 4.78 is 27.1. The molecule has 0 saturated carbocycles. The molecule has 3 rings (SSSR count). The molecule has 1 amide bonds. The van der Waals surface area contributed by atoms with Gasteiger partial charge in [0, 0.05) is 16.9 Å². The fourth-order valence-corrected chi connectivity index (χ4v) is 3.89. The van der Waals surface area contributed by atoms with E-state index >= 15 is 0 Å². The first-order valence-corrected chi connectivity index (χ1v) is 11.0. The number of benzene rings is 3. The van der Waals surface area contributed by atoms with Crippen molar-refractivity contribution in [2.24, 2.45) is 0 Å². The van der Waals surface area contributed by atoms with E-state index in [9.17, 15) is 13.2 Å². The fraction of sp³-hybridized carbons (Fsp3) is 0.0909. The van der Waals surface area contributed by atoms with Gasteiger partial charge in [-0.3, -0.25) is 4.79 Å². The van der Waals surface area contributed by atoms with Gasteiger partial charge in [-0.15, -0.1) is 0 Å². The predicted molar refractivity (Wildman–Crippen MR) is 123 cm³/mol. The summed E-state index contributed by atoms with van der Waals surface area (Å²) in [6.45, 7) is 3.87. The Bertz CT molecular complexity index is 1170. The lowest BCUT2D eigenvalue weighted by atomic mass is 10.1. The number of nitrogens with one attached hydrogen (secondary N) is 3. The molecular weight excluding hydrogens is 418 g/mol. The number of amides is 1. The fourth-order valence-electron chi connectivity index (χ4n) is 2.68. The van der Waals surface area contributed by atoms with Gasteiger partial charge in [-0.05, 0) is 80.2 Å². The molecule has 0 aliphatic carbocycles. The molecule has 0 atom stereocenters. The first-order chi connectivity index (χ1) is 14.2. The molecule has 3 aromatic rings. The molecule has 3 aromatic carbocycles. The van der Waals surface area contributed by atoms with Crippen molar-refractivity contribution in [1.82, 2.24) is 4.72 Å². The Balaban J connectivity index is 1.64. The van der Waals surface area contributed by atoms with Gasteiger partial charge in [-0.1, -0.05) is 29.8 Å². The van der Waals surface area contributed by atoms with Crippen molar-refractivity contribution >= 4 is 44.6 Å². The average molecular weight is 440 g/mol. The first kappa shape index (κ1) is 21.5. The third kappa shape index (κ3) is 5.65. The third-order valence-corrected chi connectivity index (χ3v) is 5.79. The molecule has 8 heteroatoms. The highest BCUT2D eigenvalue weighted by Gasteiger charge is 2.18. The van der Waals surface area contributed by atoms with Gasteiger partial charge in [-0.25, -0.2) is 13.1 Å². The maximum Gasteiger partial charge on any atom is 0.264 e. The molecule has 0 bridgehead atoms. The largest absolute Gasteiger partial charge is 0.332 e. The van der Waals surface area contributed by atoms with E-state index in [1.165, 1.54) is 12.1 Å². The molecule has 0 fully saturated rings. The van der Waals surface area contributed by atoms with Crippen LogP contribution < -0.4 is 15.4 Å². The average Bonchev–Trinajstić information content (AvgIpc) is 2.68. The number of anilines is 2. The van der Waals surface area contributed by atoms with Crippen LogP contribution in [0.2, 0.25) is 0 Å². The zero-order chi connectivity index (χ0) is 21.7. The predicted octanol–water partition coefficient (Wildman–Crippen LogP) is 4.23. The Morgan fingerprint density at radius 2 is 1.43 bits per heavy atom. The highest BCUT2D eigenvalue weighted by Crippen LogP contribution is 2.16. The number of thiocarbonyl (C=S) groups is 1. The molecule has 0 radical (unpaired) electrons. The number of carbonyl (C=O) groups excluding carboxylic acids is 1. The molecule has 30 heavy (non-hydrogen) atoms. The summed E-state index contributed by atoms with van der Waals surface area (Å²) in [6.07, 6.45) is 0. The summed E-state index contributed by atoms with van der Waals surface area (Å²) in [5.74, 6) is -0.680. The topological polar surface area (TPSA) is 87.3 Å². The smallest absolute Gasteiger partial charge is 0.264 e. The van der Waals surface area contributed by atoms with Gasteiger partial charge in [0.1, 0.15) is 0 Å². The van der Waals surface area contributed by atoms with Gasteiger partial charge >= 0.3 is 0 Å². The van der Waals surface area contributed by atoms with Crippen LogP contribution in [0.25, 0.3) is 0 Å². The number of sulfonamides is 1. The molecule has 0 spiro atoms. The summed E-state index contributed by atoms with van der Waals surface area (Å²) in [5, 5.41) is 6.45. The quantitative estimate of drug-likeness (QED) is 0.516. The maximum atomic E-state index is 12.5. The standard InChI is InChI=1S/C22H21N3O3S2/c1-15-6-8-17(9-7-15)21(26)25-30(27,28)20-12-10-18(11-13-20)23-22(29)24-19-5-3-4-16(2)14-19/h3-14H,1-2H3,(H,25,26)(H2,23,24,29). The number of rotatable bonds is 5. The van der Waals surface area contributed by atoms with Gasteiger partial charge in [-0.2, -0.15) is 0 Å². The van der Waals surface area contributed by atoms with Gasteiger partial charge in [0.15, 0.2) is 5.11 Å². The Hall–Kier alpha value is -3.23. The normalized spacial score (nSPS) is 10.9. The summed E-state index contributed by atoms with van der Waals surface area (Å²) >= 11 is 5.29. The van der Waals surface area contributed by atoms with Crippen molar-refractivity contribution in [2.45, 2.75) is 18.7 Å². The molecule has 0 aliphatic heterocycles. The molecule has 0 saturated heterocycles. The van der Waals surface area contributed by atoms with Gasteiger partial charge in [0.25, 0.3) is 15.9 Å². The summed E-state index contributed by atoms with van der Waals surface area (Å²) in [7, 11) is -3.99. The zero-order valence-corrected chi connectivity index (χ0v) is 18.1. The number of carbonyl (C=O) groups is 1. The van der Waals surface area contributed by atoms with Crippen molar-refractivity contribution in [1.29, 1.82) is 0 Å². The Labute approximate surface area is 181 Å². The molecule has 0 aromatic heterocycles. The molecule has 3 N–H and O–H groups in total. The molecule has 154 valence electrons. The lowest BCUT2D eigenvalue weighted by molar-refractivity contribution is 0.0981. The lowest BCUT2D eigenvalue weighted by Crippen LogP contribution is -2.30. The van der Waals surface area contributed by atoms with Crippen LogP contribution in [-0.2, 0) is 10.0 Å². The first-order valence-electron chi connectivity index (χ1n) is 9.11. The second-order valence-corrected chi connectivity index (χ2v) is 8.86. The van der Waals surface area contributed by atoms with E-state index in [1.807, 2.05) is 38.1 Å². The van der Waals surface area contributed by atoms with Crippen LogP contribution >= 0.6 is 12.2 Å². The van der Waals surface area contributed by atoms with Crippen molar-refractivity contribution in [3.05, 3.63) is 89.5 Å². The van der Waals surface area contributed by atoms with Crippen LogP contribution in [0, 0.1) is 13.8 Å². The lowest BCUT2D eigenvalue weighted by Gasteiger charge is -2.12. The Kier molecular flexibility index (Phi) is 6.49. The van der Waals surface area contributed by atoms with Gasteiger partial charge in [0.2, 0.25) is 0 Å². The van der Waals surface area contributed by atoms with E-state index in [1.54, 1.807) is 36.4 Å². The minimum Gasteiger partial charge on any atom is -0.332 e. The monoisotopic (exact) mass is 439 g/mol. The van der Waals surface area contributed by atoms with E-state index in [0.29, 0.717) is 10.8 Å². The van der Waals surface area contributed by atoms with Crippen LogP contribution in [-0.4, -0.2) is 19.4 Å². The molecule has 0 heterocycles. The Morgan fingerprint density at radius 1 is 0.800 bits per heavy atom. The van der Waals surface area contributed by atoms with E-state index in [0.717, 1.165) is 16.8 Å². The van der Waals surface area contributed by atoms with Gasteiger partial charge < -0.3 is 10.6 Å². The number of hydrogen-bond acceptors (Lipinski definition) is 4. The second-order valence-electron chi connectivity index (χ2n) is 6.77.